The lowest BCUT2D eigenvalue weighted by molar-refractivity contribution is -0.384. The second-order valence-corrected chi connectivity index (χ2v) is 9.89. The van der Waals surface area contributed by atoms with Crippen LogP contribution in [0.4, 0.5) is 11.4 Å². The first-order valence-corrected chi connectivity index (χ1v) is 12.3. The first-order valence-electron chi connectivity index (χ1n) is 10.5. The molecule has 172 valence electrons. The zero-order valence-electron chi connectivity index (χ0n) is 18.2. The van der Waals surface area contributed by atoms with Crippen molar-refractivity contribution >= 4 is 27.3 Å². The highest BCUT2D eigenvalue weighted by Gasteiger charge is 2.30. The van der Waals surface area contributed by atoms with Gasteiger partial charge in [0.2, 0.25) is 15.9 Å². The third-order valence-corrected chi connectivity index (χ3v) is 6.72. The van der Waals surface area contributed by atoms with Crippen molar-refractivity contribution in [2.45, 2.75) is 38.9 Å². The Morgan fingerprint density at radius 3 is 2.38 bits per heavy atom. The number of sulfonamides is 1. The summed E-state index contributed by atoms with van der Waals surface area (Å²) in [6, 6.07) is 12.1. The summed E-state index contributed by atoms with van der Waals surface area (Å²) < 4.78 is 25.7. The molecule has 1 saturated heterocycles. The Balaban J connectivity index is 1.66. The van der Waals surface area contributed by atoms with Gasteiger partial charge in [-0.25, -0.2) is 8.42 Å². The van der Waals surface area contributed by atoms with Crippen molar-refractivity contribution in [3.63, 3.8) is 0 Å². The number of benzene rings is 2. The topological polar surface area (TPSA) is 113 Å². The summed E-state index contributed by atoms with van der Waals surface area (Å²) in [5.41, 5.74) is 1.93. The third-order valence-electron chi connectivity index (χ3n) is 5.48. The van der Waals surface area contributed by atoms with Crippen LogP contribution < -0.4 is 9.62 Å². The van der Waals surface area contributed by atoms with E-state index in [0.29, 0.717) is 0 Å². The van der Waals surface area contributed by atoms with Crippen molar-refractivity contribution in [3.05, 3.63) is 69.8 Å². The number of nitro groups is 1. The summed E-state index contributed by atoms with van der Waals surface area (Å²) in [5.74, 6) is -0.497. The molecule has 32 heavy (non-hydrogen) atoms. The molecule has 0 aromatic heterocycles. The minimum atomic E-state index is -3.86. The lowest BCUT2D eigenvalue weighted by Crippen LogP contribution is -2.47. The molecule has 3 rings (SSSR count). The van der Waals surface area contributed by atoms with E-state index >= 15 is 0 Å². The van der Waals surface area contributed by atoms with Crippen molar-refractivity contribution in [1.82, 2.24) is 10.2 Å². The van der Waals surface area contributed by atoms with E-state index in [1.165, 1.54) is 43.5 Å². The SMILES string of the molecule is CC(C(=O)NCc1ccc(CN2CCCC2)cc1)N(c1cccc([N+](=O)[O-])c1)S(C)(=O)=O. The maximum atomic E-state index is 12.7. The number of nitrogens with zero attached hydrogens (tertiary/aromatic N) is 3. The molecule has 0 radical (unpaired) electrons. The normalized spacial score (nSPS) is 15.3. The number of nitro benzene ring substituents is 1. The number of amides is 1. The van der Waals surface area contributed by atoms with Crippen LogP contribution in [-0.4, -0.2) is 49.5 Å². The fourth-order valence-corrected chi connectivity index (χ4v) is 5.02. The highest BCUT2D eigenvalue weighted by Crippen LogP contribution is 2.25. The first-order chi connectivity index (χ1) is 15.1. The molecule has 9 nitrogen and oxygen atoms in total. The van der Waals surface area contributed by atoms with E-state index in [2.05, 4.69) is 10.2 Å². The van der Waals surface area contributed by atoms with Crippen molar-refractivity contribution in [2.24, 2.45) is 0 Å². The van der Waals surface area contributed by atoms with E-state index in [9.17, 15) is 23.3 Å². The summed E-state index contributed by atoms with van der Waals surface area (Å²) in [4.78, 5) is 25.6. The van der Waals surface area contributed by atoms with Crippen molar-refractivity contribution in [2.75, 3.05) is 23.7 Å². The van der Waals surface area contributed by atoms with Gasteiger partial charge in [0.05, 0.1) is 16.9 Å². The molecular formula is C22H28N4O5S. The number of likely N-dealkylation sites (tertiary alicyclic amines) is 1. The zero-order valence-corrected chi connectivity index (χ0v) is 19.0. The van der Waals surface area contributed by atoms with E-state index in [0.717, 1.165) is 41.8 Å². The Morgan fingerprint density at radius 1 is 1.16 bits per heavy atom. The van der Waals surface area contributed by atoms with Gasteiger partial charge in [-0.05, 0) is 50.0 Å². The maximum Gasteiger partial charge on any atom is 0.271 e. The molecule has 0 saturated carbocycles. The summed E-state index contributed by atoms with van der Waals surface area (Å²) in [5, 5.41) is 13.8. The largest absolute Gasteiger partial charge is 0.350 e. The molecule has 1 amide bonds. The smallest absolute Gasteiger partial charge is 0.271 e. The average molecular weight is 461 g/mol. The van der Waals surface area contributed by atoms with Gasteiger partial charge in [0, 0.05) is 25.2 Å². The molecule has 0 spiro atoms. The van der Waals surface area contributed by atoms with E-state index in [1.54, 1.807) is 0 Å². The molecule has 1 atom stereocenters. The molecule has 1 aliphatic rings. The Bertz CT molecular complexity index is 1070. The maximum absolute atomic E-state index is 12.7. The lowest BCUT2D eigenvalue weighted by atomic mass is 10.1. The molecule has 1 heterocycles. The number of hydrogen-bond acceptors (Lipinski definition) is 6. The van der Waals surface area contributed by atoms with Crippen molar-refractivity contribution < 1.29 is 18.1 Å². The van der Waals surface area contributed by atoms with Gasteiger partial charge in [-0.15, -0.1) is 0 Å². The molecule has 1 aliphatic heterocycles. The van der Waals surface area contributed by atoms with Gasteiger partial charge in [-0.1, -0.05) is 30.3 Å². The molecular weight excluding hydrogens is 432 g/mol. The minimum Gasteiger partial charge on any atom is -0.350 e. The van der Waals surface area contributed by atoms with Crippen LogP contribution >= 0.6 is 0 Å². The fourth-order valence-electron chi connectivity index (χ4n) is 3.85. The summed E-state index contributed by atoms with van der Waals surface area (Å²) in [6.45, 7) is 4.86. The average Bonchev–Trinajstić information content (AvgIpc) is 3.25. The summed E-state index contributed by atoms with van der Waals surface area (Å²) in [7, 11) is -3.86. The monoisotopic (exact) mass is 460 g/mol. The van der Waals surface area contributed by atoms with Crippen LogP contribution in [0.3, 0.4) is 0 Å². The van der Waals surface area contributed by atoms with Gasteiger partial charge in [-0.2, -0.15) is 0 Å². The lowest BCUT2D eigenvalue weighted by Gasteiger charge is -2.28. The molecule has 1 fully saturated rings. The van der Waals surface area contributed by atoms with Gasteiger partial charge in [0.15, 0.2) is 0 Å². The molecule has 1 N–H and O–H groups in total. The fraction of sp³-hybridized carbons (Fsp3) is 0.409. The van der Waals surface area contributed by atoms with Crippen molar-refractivity contribution in [1.29, 1.82) is 0 Å². The van der Waals surface area contributed by atoms with Crippen LogP contribution in [0.25, 0.3) is 0 Å². The predicted octanol–water partition coefficient (Wildman–Crippen LogP) is 2.66. The zero-order chi connectivity index (χ0) is 23.3. The highest BCUT2D eigenvalue weighted by atomic mass is 32.2. The predicted molar refractivity (Wildman–Crippen MR) is 123 cm³/mol. The number of rotatable bonds is 9. The summed E-state index contributed by atoms with van der Waals surface area (Å²) in [6.07, 6.45) is 3.45. The molecule has 0 bridgehead atoms. The number of hydrogen-bond donors (Lipinski definition) is 1. The number of nitrogens with one attached hydrogen (secondary N) is 1. The van der Waals surface area contributed by atoms with E-state index in [-0.39, 0.29) is 17.9 Å². The molecule has 0 aliphatic carbocycles. The highest BCUT2D eigenvalue weighted by molar-refractivity contribution is 7.92. The standard InChI is InChI=1S/C22H28N4O5S/c1-17(25(32(2,30)31)20-6-5-7-21(14-20)26(28)29)22(27)23-15-18-8-10-19(11-9-18)16-24-12-3-4-13-24/h5-11,14,17H,3-4,12-13,15-16H2,1-2H3,(H,23,27). The van der Waals surface area contributed by atoms with Gasteiger partial charge in [-0.3, -0.25) is 24.1 Å². The van der Waals surface area contributed by atoms with E-state index < -0.39 is 26.9 Å². The van der Waals surface area contributed by atoms with E-state index in [4.69, 9.17) is 0 Å². The molecule has 1 unspecified atom stereocenters. The van der Waals surface area contributed by atoms with Crippen LogP contribution in [0.15, 0.2) is 48.5 Å². The Labute approximate surface area is 188 Å². The Morgan fingerprint density at radius 2 is 1.78 bits per heavy atom. The number of anilines is 1. The van der Waals surface area contributed by atoms with Gasteiger partial charge in [0.1, 0.15) is 6.04 Å². The van der Waals surface area contributed by atoms with Crippen LogP contribution in [-0.2, 0) is 27.9 Å². The van der Waals surface area contributed by atoms with Crippen LogP contribution in [0.2, 0.25) is 0 Å². The van der Waals surface area contributed by atoms with Crippen LogP contribution in [0, 0.1) is 10.1 Å². The number of carbonyl (C=O) groups is 1. The summed E-state index contributed by atoms with van der Waals surface area (Å²) >= 11 is 0. The molecule has 10 heteroatoms. The Kier molecular flexibility index (Phi) is 7.47. The molecule has 2 aromatic carbocycles. The quantitative estimate of drug-likeness (QED) is 0.455. The second kappa shape index (κ2) is 10.1. The van der Waals surface area contributed by atoms with Crippen LogP contribution in [0.1, 0.15) is 30.9 Å². The second-order valence-electron chi connectivity index (χ2n) is 8.03. The molecule has 2 aromatic rings. The Hall–Kier alpha value is -2.98. The van der Waals surface area contributed by atoms with Crippen LogP contribution in [0.5, 0.6) is 0 Å². The number of carbonyl (C=O) groups excluding carboxylic acids is 1. The van der Waals surface area contributed by atoms with Gasteiger partial charge >= 0.3 is 0 Å². The van der Waals surface area contributed by atoms with Gasteiger partial charge < -0.3 is 5.32 Å². The van der Waals surface area contributed by atoms with E-state index in [1.807, 2.05) is 24.3 Å². The van der Waals surface area contributed by atoms with Gasteiger partial charge in [0.25, 0.3) is 5.69 Å². The first kappa shape index (κ1) is 23.7. The number of non-ortho nitro benzene ring substituents is 1. The van der Waals surface area contributed by atoms with Crippen molar-refractivity contribution in [3.8, 4) is 0 Å². The minimum absolute atomic E-state index is 0.0654. The third kappa shape index (κ3) is 6.04.